The van der Waals surface area contributed by atoms with Gasteiger partial charge < -0.3 is 10.5 Å². The fourth-order valence-corrected chi connectivity index (χ4v) is 1.53. The van der Waals surface area contributed by atoms with Gasteiger partial charge in [-0.05, 0) is 24.9 Å². The Morgan fingerprint density at radius 1 is 1.47 bits per heavy atom. The third-order valence-corrected chi connectivity index (χ3v) is 2.33. The standard InChI is InChI=1S/C11H16FNO.BrH/c1-8(6-7-13)9-4-3-5-10(12)11(9)14-2;/h3-5,8H,6-7,13H2,1-2H3;1H. The van der Waals surface area contributed by atoms with E-state index in [0.717, 1.165) is 12.0 Å². The lowest BCUT2D eigenvalue weighted by atomic mass is 9.97. The second-order valence-electron chi connectivity index (χ2n) is 3.34. The maximum absolute atomic E-state index is 13.3. The Bertz CT molecular complexity index is 307. The summed E-state index contributed by atoms with van der Waals surface area (Å²) in [6, 6.07) is 4.97. The third kappa shape index (κ3) is 3.47. The minimum absolute atomic E-state index is 0. The molecule has 0 radical (unpaired) electrons. The molecule has 0 saturated carbocycles. The van der Waals surface area contributed by atoms with Crippen molar-refractivity contribution in [1.82, 2.24) is 0 Å². The van der Waals surface area contributed by atoms with Gasteiger partial charge in [-0.3, -0.25) is 0 Å². The van der Waals surface area contributed by atoms with Crippen LogP contribution < -0.4 is 10.5 Å². The van der Waals surface area contributed by atoms with Gasteiger partial charge in [-0.15, -0.1) is 17.0 Å². The molecule has 0 saturated heterocycles. The lowest BCUT2D eigenvalue weighted by molar-refractivity contribution is 0.377. The van der Waals surface area contributed by atoms with Crippen LogP contribution in [0.4, 0.5) is 4.39 Å². The number of nitrogens with two attached hydrogens (primary N) is 1. The smallest absolute Gasteiger partial charge is 0.165 e. The summed E-state index contributed by atoms with van der Waals surface area (Å²) in [4.78, 5) is 0. The first-order chi connectivity index (χ1) is 6.70. The SMILES string of the molecule is Br.COc1c(F)cccc1C(C)CCN. The summed E-state index contributed by atoms with van der Waals surface area (Å²) in [7, 11) is 1.48. The quantitative estimate of drug-likeness (QED) is 0.919. The predicted octanol–water partition coefficient (Wildman–Crippen LogP) is 2.86. The first-order valence-electron chi connectivity index (χ1n) is 4.73. The highest BCUT2D eigenvalue weighted by Crippen LogP contribution is 2.30. The van der Waals surface area contributed by atoms with E-state index in [4.69, 9.17) is 10.5 Å². The van der Waals surface area contributed by atoms with Crippen LogP contribution in [0.2, 0.25) is 0 Å². The van der Waals surface area contributed by atoms with Gasteiger partial charge in [0.15, 0.2) is 11.6 Å². The van der Waals surface area contributed by atoms with E-state index >= 15 is 0 Å². The highest BCUT2D eigenvalue weighted by molar-refractivity contribution is 8.93. The minimum Gasteiger partial charge on any atom is -0.493 e. The Hall–Kier alpha value is -0.610. The van der Waals surface area contributed by atoms with E-state index in [2.05, 4.69) is 0 Å². The minimum atomic E-state index is -0.311. The summed E-state index contributed by atoms with van der Waals surface area (Å²) < 4.78 is 18.3. The van der Waals surface area contributed by atoms with E-state index in [-0.39, 0.29) is 28.7 Å². The molecule has 0 aliphatic rings. The zero-order chi connectivity index (χ0) is 10.6. The normalized spacial score (nSPS) is 11.7. The van der Waals surface area contributed by atoms with Crippen LogP contribution in [-0.2, 0) is 0 Å². The molecule has 2 nitrogen and oxygen atoms in total. The molecular formula is C11H17BrFNO. The summed E-state index contributed by atoms with van der Waals surface area (Å²) in [5.41, 5.74) is 6.35. The molecule has 0 aromatic heterocycles. The van der Waals surface area contributed by atoms with E-state index in [9.17, 15) is 4.39 Å². The number of hydrogen-bond donors (Lipinski definition) is 1. The topological polar surface area (TPSA) is 35.2 Å². The van der Waals surface area contributed by atoms with Crippen molar-refractivity contribution < 1.29 is 9.13 Å². The number of halogens is 2. The number of methoxy groups -OCH3 is 1. The van der Waals surface area contributed by atoms with Crippen LogP contribution in [-0.4, -0.2) is 13.7 Å². The van der Waals surface area contributed by atoms with E-state index in [1.807, 2.05) is 13.0 Å². The zero-order valence-corrected chi connectivity index (χ0v) is 10.7. The second-order valence-corrected chi connectivity index (χ2v) is 3.34. The summed E-state index contributed by atoms with van der Waals surface area (Å²) in [5, 5.41) is 0. The van der Waals surface area contributed by atoms with Crippen molar-refractivity contribution in [2.24, 2.45) is 5.73 Å². The molecule has 86 valence electrons. The summed E-state index contributed by atoms with van der Waals surface area (Å²) in [6.45, 7) is 2.62. The average Bonchev–Trinajstić information content (AvgIpc) is 2.17. The summed E-state index contributed by atoms with van der Waals surface area (Å²) in [5.74, 6) is 0.257. The van der Waals surface area contributed by atoms with Gasteiger partial charge in [-0.1, -0.05) is 19.1 Å². The van der Waals surface area contributed by atoms with Gasteiger partial charge in [0.05, 0.1) is 7.11 Å². The van der Waals surface area contributed by atoms with Gasteiger partial charge in [0.2, 0.25) is 0 Å². The number of para-hydroxylation sites is 1. The summed E-state index contributed by atoms with van der Waals surface area (Å²) in [6.07, 6.45) is 0.833. The van der Waals surface area contributed by atoms with Crippen LogP contribution >= 0.6 is 17.0 Å². The van der Waals surface area contributed by atoms with Gasteiger partial charge in [0.25, 0.3) is 0 Å². The third-order valence-electron chi connectivity index (χ3n) is 2.33. The van der Waals surface area contributed by atoms with E-state index in [1.165, 1.54) is 13.2 Å². The largest absolute Gasteiger partial charge is 0.493 e. The molecule has 4 heteroatoms. The molecule has 0 spiro atoms. The van der Waals surface area contributed by atoms with Crippen LogP contribution in [0.3, 0.4) is 0 Å². The molecule has 2 N–H and O–H groups in total. The van der Waals surface area contributed by atoms with E-state index < -0.39 is 0 Å². The maximum atomic E-state index is 13.3. The van der Waals surface area contributed by atoms with Crippen LogP contribution in [0.1, 0.15) is 24.8 Å². The van der Waals surface area contributed by atoms with Crippen LogP contribution in [0.25, 0.3) is 0 Å². The van der Waals surface area contributed by atoms with Gasteiger partial charge >= 0.3 is 0 Å². The second kappa shape index (κ2) is 6.80. The molecule has 0 aliphatic carbocycles. The van der Waals surface area contributed by atoms with Gasteiger partial charge in [-0.2, -0.15) is 0 Å². The number of benzene rings is 1. The lowest BCUT2D eigenvalue weighted by Crippen LogP contribution is -2.06. The molecule has 1 aromatic carbocycles. The van der Waals surface area contributed by atoms with Crippen molar-refractivity contribution in [3.05, 3.63) is 29.6 Å². The Morgan fingerprint density at radius 2 is 2.13 bits per heavy atom. The predicted molar refractivity (Wildman–Crippen MR) is 65.4 cm³/mol. The maximum Gasteiger partial charge on any atom is 0.165 e. The molecule has 0 bridgehead atoms. The molecule has 1 unspecified atom stereocenters. The Morgan fingerprint density at radius 3 is 2.67 bits per heavy atom. The lowest BCUT2D eigenvalue weighted by Gasteiger charge is -2.14. The molecule has 0 fully saturated rings. The zero-order valence-electron chi connectivity index (χ0n) is 9.00. The Kier molecular flexibility index (Phi) is 6.52. The van der Waals surface area contributed by atoms with Crippen LogP contribution in [0.5, 0.6) is 5.75 Å². The number of hydrogen-bond acceptors (Lipinski definition) is 2. The van der Waals surface area contributed by atoms with Crippen molar-refractivity contribution in [3.8, 4) is 5.75 Å². The monoisotopic (exact) mass is 277 g/mol. The van der Waals surface area contributed by atoms with Crippen molar-refractivity contribution >= 4 is 17.0 Å². The van der Waals surface area contributed by atoms with Crippen molar-refractivity contribution in [3.63, 3.8) is 0 Å². The molecule has 0 amide bonds. The van der Waals surface area contributed by atoms with Gasteiger partial charge in [-0.25, -0.2) is 4.39 Å². The Labute approximate surface area is 100 Å². The fourth-order valence-electron chi connectivity index (χ4n) is 1.53. The van der Waals surface area contributed by atoms with Crippen LogP contribution in [0, 0.1) is 5.82 Å². The molecule has 1 rings (SSSR count). The Balaban J connectivity index is 0.00000196. The number of rotatable bonds is 4. The van der Waals surface area contributed by atoms with Crippen LogP contribution in [0.15, 0.2) is 18.2 Å². The van der Waals surface area contributed by atoms with E-state index in [1.54, 1.807) is 6.07 Å². The first-order valence-corrected chi connectivity index (χ1v) is 4.73. The van der Waals surface area contributed by atoms with Gasteiger partial charge in [0, 0.05) is 5.56 Å². The van der Waals surface area contributed by atoms with Crippen molar-refractivity contribution in [1.29, 1.82) is 0 Å². The van der Waals surface area contributed by atoms with E-state index in [0.29, 0.717) is 12.3 Å². The molecule has 1 atom stereocenters. The highest BCUT2D eigenvalue weighted by atomic mass is 79.9. The average molecular weight is 278 g/mol. The fraction of sp³-hybridized carbons (Fsp3) is 0.455. The molecule has 1 aromatic rings. The first kappa shape index (κ1) is 14.4. The highest BCUT2D eigenvalue weighted by Gasteiger charge is 2.13. The molecular weight excluding hydrogens is 261 g/mol. The number of ether oxygens (including phenoxy) is 1. The molecule has 0 aliphatic heterocycles. The van der Waals surface area contributed by atoms with Gasteiger partial charge in [0.1, 0.15) is 0 Å². The molecule has 0 heterocycles. The van der Waals surface area contributed by atoms with Crippen molar-refractivity contribution in [2.45, 2.75) is 19.3 Å². The van der Waals surface area contributed by atoms with Crippen molar-refractivity contribution in [2.75, 3.05) is 13.7 Å². The molecule has 15 heavy (non-hydrogen) atoms. The summed E-state index contributed by atoms with van der Waals surface area (Å²) >= 11 is 0.